The molecular formula is C10H21Cl3N4. The van der Waals surface area contributed by atoms with Gasteiger partial charge in [-0.15, -0.1) is 37.2 Å². The lowest BCUT2D eigenvalue weighted by atomic mass is 10.1. The molecule has 1 aliphatic rings. The van der Waals surface area contributed by atoms with Crippen LogP contribution in [0.2, 0.25) is 0 Å². The summed E-state index contributed by atoms with van der Waals surface area (Å²) in [5.41, 5.74) is 7.13. The van der Waals surface area contributed by atoms with Crippen LogP contribution in [-0.2, 0) is 13.6 Å². The molecular weight excluding hydrogens is 282 g/mol. The monoisotopic (exact) mass is 302 g/mol. The van der Waals surface area contributed by atoms with Crippen molar-refractivity contribution in [2.24, 2.45) is 12.8 Å². The normalized spacial score (nSPS) is 16.6. The van der Waals surface area contributed by atoms with Crippen molar-refractivity contribution < 1.29 is 0 Å². The van der Waals surface area contributed by atoms with E-state index in [-0.39, 0.29) is 37.2 Å². The number of hydrogen-bond acceptors (Lipinski definition) is 3. The molecule has 4 nitrogen and oxygen atoms in total. The van der Waals surface area contributed by atoms with E-state index in [9.17, 15) is 0 Å². The van der Waals surface area contributed by atoms with Crippen molar-refractivity contribution in [3.05, 3.63) is 18.0 Å². The molecule has 1 aromatic heterocycles. The Hall–Kier alpha value is -0.0000000000000000971. The highest BCUT2D eigenvalue weighted by atomic mass is 35.5. The number of nitrogens with zero attached hydrogens (tertiary/aromatic N) is 3. The standard InChI is InChI=1S/C10H18N4.3ClH/c1-13-10(2-5-12-13)8-14-6-3-9(11)4-7-14;;;/h2,5,9H,3-4,6-8,11H2,1H3;3*1H. The van der Waals surface area contributed by atoms with E-state index < -0.39 is 0 Å². The van der Waals surface area contributed by atoms with Gasteiger partial charge in [-0.2, -0.15) is 5.10 Å². The summed E-state index contributed by atoms with van der Waals surface area (Å²) in [5, 5.41) is 4.16. The van der Waals surface area contributed by atoms with Crippen molar-refractivity contribution in [3.63, 3.8) is 0 Å². The fourth-order valence-electron chi connectivity index (χ4n) is 1.90. The zero-order chi connectivity index (χ0) is 9.97. The Labute approximate surface area is 121 Å². The van der Waals surface area contributed by atoms with Crippen LogP contribution in [0, 0.1) is 0 Å². The Bertz CT molecular complexity index is 297. The second-order valence-corrected chi connectivity index (χ2v) is 4.06. The van der Waals surface area contributed by atoms with Crippen LogP contribution in [0.5, 0.6) is 0 Å². The van der Waals surface area contributed by atoms with E-state index in [1.54, 1.807) is 0 Å². The summed E-state index contributed by atoms with van der Waals surface area (Å²) < 4.78 is 1.94. The van der Waals surface area contributed by atoms with Crippen LogP contribution < -0.4 is 5.73 Å². The van der Waals surface area contributed by atoms with Crippen LogP contribution in [0.25, 0.3) is 0 Å². The number of rotatable bonds is 2. The molecule has 2 rings (SSSR count). The number of aromatic nitrogens is 2. The zero-order valence-corrected chi connectivity index (χ0v) is 12.4. The van der Waals surface area contributed by atoms with Gasteiger partial charge < -0.3 is 5.73 Å². The molecule has 0 amide bonds. The molecule has 2 heterocycles. The zero-order valence-electron chi connectivity index (χ0n) is 9.91. The number of nitrogens with two attached hydrogens (primary N) is 1. The second kappa shape index (κ2) is 9.00. The smallest absolute Gasteiger partial charge is 0.0521 e. The molecule has 102 valence electrons. The third-order valence-corrected chi connectivity index (χ3v) is 2.94. The molecule has 0 bridgehead atoms. The maximum absolute atomic E-state index is 5.86. The van der Waals surface area contributed by atoms with Crippen molar-refractivity contribution in [2.45, 2.75) is 25.4 Å². The van der Waals surface area contributed by atoms with Gasteiger partial charge in [-0.3, -0.25) is 9.58 Å². The second-order valence-electron chi connectivity index (χ2n) is 4.06. The molecule has 1 aliphatic heterocycles. The quantitative estimate of drug-likeness (QED) is 0.903. The minimum atomic E-state index is 0. The van der Waals surface area contributed by atoms with Gasteiger partial charge in [0.2, 0.25) is 0 Å². The topological polar surface area (TPSA) is 47.1 Å². The van der Waals surface area contributed by atoms with E-state index in [1.807, 2.05) is 17.9 Å². The summed E-state index contributed by atoms with van der Waals surface area (Å²) in [6.45, 7) is 3.24. The van der Waals surface area contributed by atoms with E-state index >= 15 is 0 Å². The fourth-order valence-corrected chi connectivity index (χ4v) is 1.90. The molecule has 0 aliphatic carbocycles. The molecule has 7 heteroatoms. The van der Waals surface area contributed by atoms with Crippen LogP contribution in [0.3, 0.4) is 0 Å². The van der Waals surface area contributed by atoms with Gasteiger partial charge in [0.15, 0.2) is 0 Å². The van der Waals surface area contributed by atoms with E-state index in [0.29, 0.717) is 6.04 Å². The third-order valence-electron chi connectivity index (χ3n) is 2.94. The van der Waals surface area contributed by atoms with Crippen LogP contribution in [0.1, 0.15) is 18.5 Å². The van der Waals surface area contributed by atoms with Gasteiger partial charge in [-0.05, 0) is 18.9 Å². The van der Waals surface area contributed by atoms with E-state index in [0.717, 1.165) is 32.5 Å². The predicted molar refractivity (Wildman–Crippen MR) is 77.4 cm³/mol. The van der Waals surface area contributed by atoms with Crippen LogP contribution in [-0.4, -0.2) is 33.8 Å². The van der Waals surface area contributed by atoms with Crippen LogP contribution >= 0.6 is 37.2 Å². The molecule has 0 aromatic carbocycles. The molecule has 1 saturated heterocycles. The van der Waals surface area contributed by atoms with Gasteiger partial charge in [-0.25, -0.2) is 0 Å². The summed E-state index contributed by atoms with van der Waals surface area (Å²) in [5.74, 6) is 0. The van der Waals surface area contributed by atoms with Crippen LogP contribution in [0.15, 0.2) is 12.3 Å². The summed E-state index contributed by atoms with van der Waals surface area (Å²) in [6.07, 6.45) is 4.10. The Morgan fingerprint density at radius 3 is 2.35 bits per heavy atom. The first-order valence-electron chi connectivity index (χ1n) is 5.20. The average Bonchev–Trinajstić information content (AvgIpc) is 2.56. The largest absolute Gasteiger partial charge is 0.328 e. The lowest BCUT2D eigenvalue weighted by molar-refractivity contribution is 0.201. The minimum absolute atomic E-state index is 0. The van der Waals surface area contributed by atoms with E-state index in [2.05, 4.69) is 16.1 Å². The third kappa shape index (κ3) is 5.44. The van der Waals surface area contributed by atoms with Gasteiger partial charge in [0.1, 0.15) is 0 Å². The lowest BCUT2D eigenvalue weighted by Crippen LogP contribution is -2.39. The highest BCUT2D eigenvalue weighted by Gasteiger charge is 2.16. The first-order valence-corrected chi connectivity index (χ1v) is 5.20. The lowest BCUT2D eigenvalue weighted by Gasteiger charge is -2.29. The van der Waals surface area contributed by atoms with E-state index in [4.69, 9.17) is 5.73 Å². The first kappa shape index (κ1) is 19.3. The molecule has 1 fully saturated rings. The number of halogens is 3. The predicted octanol–water partition coefficient (Wildman–Crippen LogP) is 1.61. The first-order chi connectivity index (χ1) is 6.75. The van der Waals surface area contributed by atoms with Gasteiger partial charge in [0.05, 0.1) is 5.69 Å². The van der Waals surface area contributed by atoms with Crippen molar-refractivity contribution in [1.82, 2.24) is 14.7 Å². The molecule has 2 N–H and O–H groups in total. The summed E-state index contributed by atoms with van der Waals surface area (Å²) >= 11 is 0. The van der Waals surface area contributed by atoms with Gasteiger partial charge in [0, 0.05) is 38.9 Å². The molecule has 17 heavy (non-hydrogen) atoms. The highest BCUT2D eigenvalue weighted by Crippen LogP contribution is 2.11. The molecule has 0 spiro atoms. The molecule has 0 atom stereocenters. The Morgan fingerprint density at radius 2 is 1.88 bits per heavy atom. The number of hydrogen-bond donors (Lipinski definition) is 1. The Kier molecular flexibility index (Phi) is 10.2. The van der Waals surface area contributed by atoms with Crippen molar-refractivity contribution in [2.75, 3.05) is 13.1 Å². The molecule has 0 unspecified atom stereocenters. The van der Waals surface area contributed by atoms with Crippen molar-refractivity contribution >= 4 is 37.2 Å². The van der Waals surface area contributed by atoms with Gasteiger partial charge in [-0.1, -0.05) is 0 Å². The summed E-state index contributed by atoms with van der Waals surface area (Å²) in [6, 6.07) is 2.49. The average molecular weight is 304 g/mol. The molecule has 1 aromatic rings. The number of aryl methyl sites for hydroxylation is 1. The van der Waals surface area contributed by atoms with Crippen molar-refractivity contribution in [3.8, 4) is 0 Å². The Morgan fingerprint density at radius 1 is 1.29 bits per heavy atom. The maximum atomic E-state index is 5.86. The van der Waals surface area contributed by atoms with Crippen molar-refractivity contribution in [1.29, 1.82) is 0 Å². The number of likely N-dealkylation sites (tertiary alicyclic amines) is 1. The minimum Gasteiger partial charge on any atom is -0.328 e. The SMILES string of the molecule is Cl.Cl.Cl.Cn1nccc1CN1CCC(N)CC1. The van der Waals surface area contributed by atoms with Gasteiger partial charge >= 0.3 is 0 Å². The Balaban J connectivity index is 0. The van der Waals surface area contributed by atoms with E-state index in [1.165, 1.54) is 5.69 Å². The fraction of sp³-hybridized carbons (Fsp3) is 0.700. The highest BCUT2D eigenvalue weighted by molar-refractivity contribution is 5.86. The summed E-state index contributed by atoms with van der Waals surface area (Å²) in [7, 11) is 1.99. The summed E-state index contributed by atoms with van der Waals surface area (Å²) in [4.78, 5) is 2.44. The maximum Gasteiger partial charge on any atom is 0.0521 e. The molecule has 0 radical (unpaired) electrons. The van der Waals surface area contributed by atoms with Gasteiger partial charge in [0.25, 0.3) is 0 Å². The molecule has 0 saturated carbocycles. The van der Waals surface area contributed by atoms with Crippen LogP contribution in [0.4, 0.5) is 0 Å². The number of piperidine rings is 1.